The molecule has 22 heavy (non-hydrogen) atoms. The van der Waals surface area contributed by atoms with Crippen molar-refractivity contribution >= 4 is 11.6 Å². The molecule has 1 rings (SSSR count). The van der Waals surface area contributed by atoms with Crippen LogP contribution >= 0.6 is 0 Å². The maximum atomic E-state index is 12.2. The first-order valence-corrected chi connectivity index (χ1v) is 8.22. The number of anilines is 1. The van der Waals surface area contributed by atoms with Gasteiger partial charge in [0.05, 0.1) is 0 Å². The number of rotatable bonds is 10. The van der Waals surface area contributed by atoms with Gasteiger partial charge in [0.1, 0.15) is 5.69 Å². The van der Waals surface area contributed by atoms with Crippen LogP contribution in [-0.2, 0) is 0 Å². The van der Waals surface area contributed by atoms with Gasteiger partial charge in [-0.15, -0.1) is 0 Å². The first-order chi connectivity index (χ1) is 10.6. The molecule has 0 radical (unpaired) electrons. The Morgan fingerprint density at radius 3 is 2.45 bits per heavy atom. The van der Waals surface area contributed by atoms with Gasteiger partial charge in [-0.25, -0.2) is 0 Å². The van der Waals surface area contributed by atoms with Gasteiger partial charge in [-0.1, -0.05) is 13.8 Å². The normalized spacial score (nSPS) is 10.8. The van der Waals surface area contributed by atoms with Crippen molar-refractivity contribution < 1.29 is 4.79 Å². The number of carbonyl (C=O) groups is 1. The number of nitrogens with one attached hydrogen (secondary N) is 1. The molecule has 1 aromatic heterocycles. The zero-order valence-corrected chi connectivity index (χ0v) is 14.4. The molecule has 0 unspecified atom stereocenters. The van der Waals surface area contributed by atoms with E-state index in [1.165, 1.54) is 0 Å². The highest BCUT2D eigenvalue weighted by molar-refractivity contribution is 5.93. The maximum Gasteiger partial charge on any atom is 0.269 e. The fourth-order valence-electron chi connectivity index (χ4n) is 2.34. The first-order valence-electron chi connectivity index (χ1n) is 8.22. The fraction of sp³-hybridized carbons (Fsp3) is 0.647. The number of amides is 1. The van der Waals surface area contributed by atoms with E-state index in [-0.39, 0.29) is 5.91 Å². The molecule has 1 amide bonds. The zero-order valence-electron chi connectivity index (χ0n) is 14.4. The number of hydrogen-bond acceptors (Lipinski definition) is 4. The van der Waals surface area contributed by atoms with Crippen LogP contribution in [0, 0.1) is 0 Å². The quantitative estimate of drug-likeness (QED) is 0.674. The lowest BCUT2D eigenvalue weighted by Gasteiger charge is -2.23. The second-order valence-electron chi connectivity index (χ2n) is 5.80. The van der Waals surface area contributed by atoms with Crippen LogP contribution in [0.1, 0.15) is 43.6 Å². The largest absolute Gasteiger partial charge is 0.371 e. The average Bonchev–Trinajstić information content (AvgIpc) is 2.51. The van der Waals surface area contributed by atoms with E-state index < -0.39 is 0 Å². The molecule has 5 heteroatoms. The van der Waals surface area contributed by atoms with Gasteiger partial charge in [-0.2, -0.15) is 0 Å². The van der Waals surface area contributed by atoms with Gasteiger partial charge >= 0.3 is 0 Å². The molecular weight excluding hydrogens is 276 g/mol. The molecule has 0 bridgehead atoms. The minimum atomic E-state index is -0.0893. The molecule has 0 aliphatic heterocycles. The molecule has 0 spiro atoms. The van der Waals surface area contributed by atoms with Gasteiger partial charge in [0.2, 0.25) is 0 Å². The molecule has 1 aromatic rings. The molecule has 0 saturated carbocycles. The van der Waals surface area contributed by atoms with Crippen LogP contribution in [0.25, 0.3) is 0 Å². The summed E-state index contributed by atoms with van der Waals surface area (Å²) in [5.41, 5.74) is 1.58. The lowest BCUT2D eigenvalue weighted by molar-refractivity contribution is 0.0947. The van der Waals surface area contributed by atoms with Crippen LogP contribution in [0.3, 0.4) is 0 Å². The monoisotopic (exact) mass is 306 g/mol. The van der Waals surface area contributed by atoms with Crippen molar-refractivity contribution in [3.8, 4) is 0 Å². The third kappa shape index (κ3) is 6.43. The highest BCUT2D eigenvalue weighted by atomic mass is 16.1. The predicted molar refractivity (Wildman–Crippen MR) is 92.5 cm³/mol. The summed E-state index contributed by atoms with van der Waals surface area (Å²) in [6.45, 7) is 7.99. The van der Waals surface area contributed by atoms with Crippen molar-refractivity contribution in [1.29, 1.82) is 0 Å². The van der Waals surface area contributed by atoms with Crippen LogP contribution in [0.2, 0.25) is 0 Å². The minimum absolute atomic E-state index is 0.0893. The first kappa shape index (κ1) is 18.4. The summed E-state index contributed by atoms with van der Waals surface area (Å²) in [5.74, 6) is -0.0893. The standard InChI is InChI=1S/C17H30N4O/c1-5-11-21(12-6-2)15-8-10-18-16(14-15)17(22)19-9-7-13-20(3)4/h8,10,14H,5-7,9,11-13H2,1-4H3,(H,19,22). The molecule has 0 aromatic carbocycles. The topological polar surface area (TPSA) is 48.5 Å². The molecule has 0 saturated heterocycles. The van der Waals surface area contributed by atoms with Crippen LogP contribution in [0.4, 0.5) is 5.69 Å². The fourth-order valence-corrected chi connectivity index (χ4v) is 2.34. The van der Waals surface area contributed by atoms with Crippen molar-refractivity contribution in [2.24, 2.45) is 0 Å². The number of pyridine rings is 1. The van der Waals surface area contributed by atoms with E-state index in [2.05, 4.69) is 33.9 Å². The Kier molecular flexibility index (Phi) is 8.51. The van der Waals surface area contributed by atoms with E-state index in [4.69, 9.17) is 0 Å². The number of hydrogen-bond donors (Lipinski definition) is 1. The average molecular weight is 306 g/mol. The minimum Gasteiger partial charge on any atom is -0.371 e. The van der Waals surface area contributed by atoms with Crippen molar-refractivity contribution in [3.63, 3.8) is 0 Å². The highest BCUT2D eigenvalue weighted by Crippen LogP contribution is 2.15. The van der Waals surface area contributed by atoms with Crippen LogP contribution in [-0.4, -0.2) is 56.1 Å². The van der Waals surface area contributed by atoms with Crippen molar-refractivity contribution in [2.75, 3.05) is 45.2 Å². The molecule has 0 aliphatic carbocycles. The smallest absolute Gasteiger partial charge is 0.269 e. The van der Waals surface area contributed by atoms with Crippen LogP contribution < -0.4 is 10.2 Å². The van der Waals surface area contributed by atoms with Crippen molar-refractivity contribution in [3.05, 3.63) is 24.0 Å². The highest BCUT2D eigenvalue weighted by Gasteiger charge is 2.10. The lowest BCUT2D eigenvalue weighted by Crippen LogP contribution is -2.29. The Morgan fingerprint density at radius 2 is 1.86 bits per heavy atom. The van der Waals surface area contributed by atoms with E-state index in [9.17, 15) is 4.79 Å². The van der Waals surface area contributed by atoms with E-state index in [0.717, 1.165) is 44.6 Å². The molecule has 0 aliphatic rings. The van der Waals surface area contributed by atoms with Crippen molar-refractivity contribution in [1.82, 2.24) is 15.2 Å². The Labute approximate surface area is 134 Å². The predicted octanol–water partition coefficient (Wildman–Crippen LogP) is 2.39. The summed E-state index contributed by atoms with van der Waals surface area (Å²) in [6.07, 6.45) is 4.85. The molecule has 1 heterocycles. The third-order valence-corrected chi connectivity index (χ3v) is 3.40. The molecule has 0 atom stereocenters. The van der Waals surface area contributed by atoms with E-state index in [1.807, 2.05) is 26.2 Å². The summed E-state index contributed by atoms with van der Waals surface area (Å²) in [5, 5.41) is 2.94. The summed E-state index contributed by atoms with van der Waals surface area (Å²) in [7, 11) is 4.06. The van der Waals surface area contributed by atoms with E-state index in [0.29, 0.717) is 12.2 Å². The molecule has 0 fully saturated rings. The lowest BCUT2D eigenvalue weighted by atomic mass is 10.2. The van der Waals surface area contributed by atoms with Gasteiger partial charge in [-0.3, -0.25) is 9.78 Å². The molecular formula is C17H30N4O. The zero-order chi connectivity index (χ0) is 16.4. The van der Waals surface area contributed by atoms with Crippen molar-refractivity contribution in [2.45, 2.75) is 33.1 Å². The SMILES string of the molecule is CCCN(CCC)c1ccnc(C(=O)NCCCN(C)C)c1. The summed E-state index contributed by atoms with van der Waals surface area (Å²) in [4.78, 5) is 20.8. The van der Waals surface area contributed by atoms with Gasteiger partial charge in [0, 0.05) is 31.5 Å². The second-order valence-corrected chi connectivity index (χ2v) is 5.80. The summed E-state index contributed by atoms with van der Waals surface area (Å²) < 4.78 is 0. The van der Waals surface area contributed by atoms with E-state index in [1.54, 1.807) is 6.20 Å². The van der Waals surface area contributed by atoms with Gasteiger partial charge < -0.3 is 15.1 Å². The molecule has 5 nitrogen and oxygen atoms in total. The van der Waals surface area contributed by atoms with E-state index >= 15 is 0 Å². The van der Waals surface area contributed by atoms with Gasteiger partial charge in [-0.05, 0) is 52.0 Å². The number of aromatic nitrogens is 1. The summed E-state index contributed by atoms with van der Waals surface area (Å²) >= 11 is 0. The Bertz CT molecular complexity index is 442. The molecule has 1 N–H and O–H groups in total. The third-order valence-electron chi connectivity index (χ3n) is 3.40. The summed E-state index contributed by atoms with van der Waals surface area (Å²) in [6, 6.07) is 3.88. The van der Waals surface area contributed by atoms with Gasteiger partial charge in [0.25, 0.3) is 5.91 Å². The maximum absolute atomic E-state index is 12.2. The molecule has 124 valence electrons. The van der Waals surface area contributed by atoms with Crippen LogP contribution in [0.15, 0.2) is 18.3 Å². The number of carbonyl (C=O) groups excluding carboxylic acids is 1. The number of nitrogens with zero attached hydrogens (tertiary/aromatic N) is 3. The second kappa shape index (κ2) is 10.2. The Morgan fingerprint density at radius 1 is 1.18 bits per heavy atom. The van der Waals surface area contributed by atoms with Gasteiger partial charge in [0.15, 0.2) is 0 Å². The van der Waals surface area contributed by atoms with Crippen LogP contribution in [0.5, 0.6) is 0 Å². The Hall–Kier alpha value is -1.62. The Balaban J connectivity index is 2.63.